The summed E-state index contributed by atoms with van der Waals surface area (Å²) in [5, 5.41) is 0.805. The molecule has 0 bridgehead atoms. The van der Waals surface area contributed by atoms with Gasteiger partial charge < -0.3 is 9.30 Å². The third-order valence-corrected chi connectivity index (χ3v) is 5.27. The number of alkyl halides is 3. The number of morpholine rings is 1. The number of ketones is 1. The second kappa shape index (κ2) is 8.00. The van der Waals surface area contributed by atoms with Crippen LogP contribution in [0, 0.1) is 0 Å². The van der Waals surface area contributed by atoms with Crippen LogP contribution in [0.3, 0.4) is 0 Å². The van der Waals surface area contributed by atoms with Crippen LogP contribution in [0.4, 0.5) is 13.2 Å². The van der Waals surface area contributed by atoms with Crippen LogP contribution in [0.15, 0.2) is 54.7 Å². The maximum atomic E-state index is 13.0. The normalized spacial score (nSPS) is 15.7. The zero-order chi connectivity index (χ0) is 20.4. The number of aromatic nitrogens is 1. The van der Waals surface area contributed by atoms with Gasteiger partial charge in [-0.1, -0.05) is 30.3 Å². The largest absolute Gasteiger partial charge is 0.416 e. The maximum Gasteiger partial charge on any atom is 0.416 e. The molecule has 0 atom stereocenters. The Bertz CT molecular complexity index is 1000. The molecular weight excluding hydrogens is 381 g/mol. The van der Waals surface area contributed by atoms with Crippen molar-refractivity contribution in [2.24, 2.45) is 0 Å². The molecule has 1 aliphatic heterocycles. The van der Waals surface area contributed by atoms with Crippen molar-refractivity contribution in [3.8, 4) is 0 Å². The summed E-state index contributed by atoms with van der Waals surface area (Å²) in [6, 6.07) is 12.0. The molecule has 2 heterocycles. The number of fused-ring (bicyclic) bond motifs is 1. The van der Waals surface area contributed by atoms with Crippen molar-refractivity contribution in [3.05, 3.63) is 71.4 Å². The average molecular weight is 402 g/mol. The molecule has 1 aromatic heterocycles. The maximum absolute atomic E-state index is 13.0. The van der Waals surface area contributed by atoms with Crippen molar-refractivity contribution in [1.29, 1.82) is 0 Å². The van der Waals surface area contributed by atoms with Crippen LogP contribution in [0.1, 0.15) is 21.5 Å². The number of carbonyl (C=O) groups is 1. The Morgan fingerprint density at radius 1 is 0.966 bits per heavy atom. The lowest BCUT2D eigenvalue weighted by Crippen LogP contribution is -2.38. The topological polar surface area (TPSA) is 34.5 Å². The van der Waals surface area contributed by atoms with Gasteiger partial charge in [-0.3, -0.25) is 9.69 Å². The van der Waals surface area contributed by atoms with Crippen molar-refractivity contribution >= 4 is 16.7 Å². The zero-order valence-electron chi connectivity index (χ0n) is 15.8. The van der Waals surface area contributed by atoms with Crippen LogP contribution in [0.2, 0.25) is 0 Å². The Kier molecular flexibility index (Phi) is 5.43. The van der Waals surface area contributed by atoms with Crippen LogP contribution < -0.4 is 0 Å². The minimum atomic E-state index is -4.42. The number of benzene rings is 2. The molecule has 2 aromatic carbocycles. The summed E-state index contributed by atoms with van der Waals surface area (Å²) in [4.78, 5) is 15.3. The third kappa shape index (κ3) is 4.21. The van der Waals surface area contributed by atoms with Gasteiger partial charge in [-0.25, -0.2) is 0 Å². The van der Waals surface area contributed by atoms with E-state index in [1.807, 2.05) is 35.0 Å². The first-order chi connectivity index (χ1) is 13.9. The molecule has 152 valence electrons. The molecule has 0 amide bonds. The first-order valence-corrected chi connectivity index (χ1v) is 9.53. The van der Waals surface area contributed by atoms with Crippen molar-refractivity contribution < 1.29 is 22.7 Å². The summed E-state index contributed by atoms with van der Waals surface area (Å²) < 4.78 is 45.8. The summed E-state index contributed by atoms with van der Waals surface area (Å²) in [5.41, 5.74) is 0.925. The van der Waals surface area contributed by atoms with Gasteiger partial charge >= 0.3 is 6.18 Å². The number of para-hydroxylation sites is 1. The predicted molar refractivity (Wildman–Crippen MR) is 104 cm³/mol. The summed E-state index contributed by atoms with van der Waals surface area (Å²) >= 11 is 0. The van der Waals surface area contributed by atoms with Crippen molar-refractivity contribution in [2.75, 3.05) is 32.8 Å². The number of hydrogen-bond donors (Lipinski definition) is 0. The monoisotopic (exact) mass is 402 g/mol. The van der Waals surface area contributed by atoms with E-state index in [1.54, 1.807) is 0 Å². The second-order valence-corrected chi connectivity index (χ2v) is 7.11. The number of rotatable bonds is 5. The smallest absolute Gasteiger partial charge is 0.379 e. The Hall–Kier alpha value is -2.64. The van der Waals surface area contributed by atoms with E-state index >= 15 is 0 Å². The quantitative estimate of drug-likeness (QED) is 0.600. The number of carbonyl (C=O) groups excluding carboxylic acids is 1. The minimum Gasteiger partial charge on any atom is -0.379 e. The lowest BCUT2D eigenvalue weighted by atomic mass is 10.0. The van der Waals surface area contributed by atoms with Crippen molar-refractivity contribution in [2.45, 2.75) is 12.7 Å². The molecule has 29 heavy (non-hydrogen) atoms. The van der Waals surface area contributed by atoms with Gasteiger partial charge in [0.25, 0.3) is 0 Å². The fourth-order valence-corrected chi connectivity index (χ4v) is 3.65. The molecule has 0 saturated carbocycles. The zero-order valence-corrected chi connectivity index (χ0v) is 15.8. The Balaban J connectivity index is 1.60. The summed E-state index contributed by atoms with van der Waals surface area (Å²) in [6.45, 7) is 4.79. The molecule has 0 unspecified atom stereocenters. The van der Waals surface area contributed by atoms with E-state index in [9.17, 15) is 18.0 Å². The molecule has 4 rings (SSSR count). The highest BCUT2D eigenvalue weighted by atomic mass is 19.4. The highest BCUT2D eigenvalue weighted by Crippen LogP contribution is 2.30. The molecule has 4 nitrogen and oxygen atoms in total. The number of nitrogens with zero attached hydrogens (tertiary/aromatic N) is 2. The van der Waals surface area contributed by atoms with Crippen molar-refractivity contribution in [3.63, 3.8) is 0 Å². The summed E-state index contributed by atoms with van der Waals surface area (Å²) in [6.07, 6.45) is -2.61. The van der Waals surface area contributed by atoms with Gasteiger partial charge in [0, 0.05) is 54.4 Å². The highest BCUT2D eigenvalue weighted by Gasteiger charge is 2.30. The van der Waals surface area contributed by atoms with E-state index in [-0.39, 0.29) is 11.3 Å². The Morgan fingerprint density at radius 3 is 2.34 bits per heavy atom. The standard InChI is InChI=1S/C22H21F3N2O2/c23-22(24,25)17-7-5-16(6-8-17)21(28)19-15-27(20-4-2-1-3-18(19)20)10-9-26-11-13-29-14-12-26/h1-8,15H,9-14H2. The van der Waals surface area contributed by atoms with E-state index in [1.165, 1.54) is 12.1 Å². The second-order valence-electron chi connectivity index (χ2n) is 7.11. The van der Waals surface area contributed by atoms with Crippen molar-refractivity contribution in [1.82, 2.24) is 9.47 Å². The molecule has 3 aromatic rings. The van der Waals surface area contributed by atoms with Crippen LogP contribution >= 0.6 is 0 Å². The lowest BCUT2D eigenvalue weighted by molar-refractivity contribution is -0.137. The predicted octanol–water partition coefficient (Wildman–Crippen LogP) is 4.22. The van der Waals surface area contributed by atoms with E-state index in [0.717, 1.165) is 62.4 Å². The molecule has 0 radical (unpaired) electrons. The van der Waals surface area contributed by atoms with Crippen LogP contribution in [-0.4, -0.2) is 48.1 Å². The van der Waals surface area contributed by atoms with Crippen LogP contribution in [-0.2, 0) is 17.5 Å². The van der Waals surface area contributed by atoms with E-state index in [0.29, 0.717) is 5.56 Å². The van der Waals surface area contributed by atoms with E-state index < -0.39 is 11.7 Å². The fourth-order valence-electron chi connectivity index (χ4n) is 3.65. The molecule has 0 N–H and O–H groups in total. The van der Waals surface area contributed by atoms with E-state index in [4.69, 9.17) is 4.74 Å². The van der Waals surface area contributed by atoms with Gasteiger partial charge in [0.1, 0.15) is 0 Å². The SMILES string of the molecule is O=C(c1ccc(C(F)(F)F)cc1)c1cn(CCN2CCOCC2)c2ccccc12. The molecule has 0 spiro atoms. The first kappa shape index (κ1) is 19.7. The molecule has 1 fully saturated rings. The fraction of sp³-hybridized carbons (Fsp3) is 0.318. The Labute approximate surface area is 166 Å². The minimum absolute atomic E-state index is 0.245. The van der Waals surface area contributed by atoms with Gasteiger partial charge in [-0.15, -0.1) is 0 Å². The van der Waals surface area contributed by atoms with Gasteiger partial charge in [-0.2, -0.15) is 13.2 Å². The molecule has 7 heteroatoms. The Morgan fingerprint density at radius 2 is 1.66 bits per heavy atom. The molecule has 0 aliphatic carbocycles. The third-order valence-electron chi connectivity index (χ3n) is 5.27. The van der Waals surface area contributed by atoms with Gasteiger partial charge in [-0.05, 0) is 18.2 Å². The highest BCUT2D eigenvalue weighted by molar-refractivity contribution is 6.16. The van der Waals surface area contributed by atoms with Crippen LogP contribution in [0.5, 0.6) is 0 Å². The van der Waals surface area contributed by atoms with Gasteiger partial charge in [0.15, 0.2) is 5.78 Å². The summed E-state index contributed by atoms with van der Waals surface area (Å²) in [5.74, 6) is -0.278. The summed E-state index contributed by atoms with van der Waals surface area (Å²) in [7, 11) is 0. The number of halogens is 3. The molecule has 1 aliphatic rings. The molecule has 1 saturated heterocycles. The number of ether oxygens (including phenoxy) is 1. The average Bonchev–Trinajstić information content (AvgIpc) is 3.11. The van der Waals surface area contributed by atoms with E-state index in [2.05, 4.69) is 4.90 Å². The number of hydrogen-bond acceptors (Lipinski definition) is 3. The van der Waals surface area contributed by atoms with Crippen LogP contribution in [0.25, 0.3) is 10.9 Å². The van der Waals surface area contributed by atoms with Gasteiger partial charge in [0.05, 0.1) is 18.8 Å². The lowest BCUT2D eigenvalue weighted by Gasteiger charge is -2.26. The molecular formula is C22H21F3N2O2. The first-order valence-electron chi connectivity index (χ1n) is 9.53. The van der Waals surface area contributed by atoms with Gasteiger partial charge in [0.2, 0.25) is 0 Å².